The summed E-state index contributed by atoms with van der Waals surface area (Å²) in [5, 5.41) is 2.93. The zero-order chi connectivity index (χ0) is 13.4. The SMILES string of the molecule is COc1ccc(CC(=O)NCCC[NH+](C)C)cc1. The Bertz CT molecular complexity index is 361. The molecule has 0 aliphatic carbocycles. The first kappa shape index (κ1) is 14.5. The van der Waals surface area contributed by atoms with Crippen LogP contribution in [0.4, 0.5) is 0 Å². The Balaban J connectivity index is 2.26. The lowest BCUT2D eigenvalue weighted by Crippen LogP contribution is -3.05. The van der Waals surface area contributed by atoms with Crippen LogP contribution < -0.4 is 15.0 Å². The van der Waals surface area contributed by atoms with Gasteiger partial charge in [-0.15, -0.1) is 0 Å². The third-order valence-corrected chi connectivity index (χ3v) is 2.70. The van der Waals surface area contributed by atoms with Crippen molar-refractivity contribution in [3.63, 3.8) is 0 Å². The molecule has 1 rings (SSSR count). The number of methoxy groups -OCH3 is 1. The first-order valence-electron chi connectivity index (χ1n) is 6.30. The molecule has 0 aliphatic heterocycles. The van der Waals surface area contributed by atoms with Crippen molar-refractivity contribution in [3.8, 4) is 5.75 Å². The van der Waals surface area contributed by atoms with Crippen molar-refractivity contribution in [2.75, 3.05) is 34.3 Å². The van der Waals surface area contributed by atoms with E-state index in [0.29, 0.717) is 6.42 Å². The molecular weight excluding hydrogens is 228 g/mol. The molecule has 1 aromatic carbocycles. The molecule has 4 nitrogen and oxygen atoms in total. The zero-order valence-corrected chi connectivity index (χ0v) is 11.5. The van der Waals surface area contributed by atoms with Crippen LogP contribution in [0.15, 0.2) is 24.3 Å². The summed E-state index contributed by atoms with van der Waals surface area (Å²) in [4.78, 5) is 13.1. The van der Waals surface area contributed by atoms with E-state index in [1.165, 1.54) is 4.90 Å². The molecule has 0 aromatic heterocycles. The maximum Gasteiger partial charge on any atom is 0.224 e. The minimum absolute atomic E-state index is 0.0777. The van der Waals surface area contributed by atoms with Crippen molar-refractivity contribution in [3.05, 3.63) is 29.8 Å². The van der Waals surface area contributed by atoms with E-state index >= 15 is 0 Å². The van der Waals surface area contributed by atoms with Crippen LogP contribution in [-0.4, -0.2) is 40.2 Å². The number of rotatable bonds is 7. The summed E-state index contributed by atoms with van der Waals surface area (Å²) in [6, 6.07) is 7.58. The van der Waals surface area contributed by atoms with Gasteiger partial charge in [-0.25, -0.2) is 0 Å². The van der Waals surface area contributed by atoms with Gasteiger partial charge >= 0.3 is 0 Å². The Morgan fingerprint density at radius 1 is 1.28 bits per heavy atom. The Morgan fingerprint density at radius 2 is 1.94 bits per heavy atom. The molecule has 100 valence electrons. The molecule has 1 amide bonds. The molecule has 18 heavy (non-hydrogen) atoms. The van der Waals surface area contributed by atoms with Crippen molar-refractivity contribution < 1.29 is 14.4 Å². The van der Waals surface area contributed by atoms with Crippen LogP contribution in [-0.2, 0) is 11.2 Å². The standard InChI is InChI=1S/C14H22N2O2/c1-16(2)10-4-9-15-14(17)11-12-5-7-13(18-3)8-6-12/h5-8H,4,9-11H2,1-3H3,(H,15,17)/p+1. The van der Waals surface area contributed by atoms with Crippen LogP contribution in [0.2, 0.25) is 0 Å². The summed E-state index contributed by atoms with van der Waals surface area (Å²) in [5.74, 6) is 0.891. The van der Waals surface area contributed by atoms with Crippen LogP contribution in [0.3, 0.4) is 0 Å². The second-order valence-electron chi connectivity index (χ2n) is 4.69. The van der Waals surface area contributed by atoms with E-state index < -0.39 is 0 Å². The van der Waals surface area contributed by atoms with Crippen molar-refractivity contribution >= 4 is 5.91 Å². The monoisotopic (exact) mass is 251 g/mol. The number of hydrogen-bond donors (Lipinski definition) is 2. The highest BCUT2D eigenvalue weighted by atomic mass is 16.5. The van der Waals surface area contributed by atoms with Crippen molar-refractivity contribution in [1.29, 1.82) is 0 Å². The van der Waals surface area contributed by atoms with E-state index in [2.05, 4.69) is 19.4 Å². The Kier molecular flexibility index (Phi) is 6.22. The van der Waals surface area contributed by atoms with E-state index in [4.69, 9.17) is 4.74 Å². The first-order valence-corrected chi connectivity index (χ1v) is 6.30. The number of hydrogen-bond acceptors (Lipinski definition) is 2. The summed E-state index contributed by atoms with van der Waals surface area (Å²) in [6.07, 6.45) is 1.44. The van der Waals surface area contributed by atoms with Crippen LogP contribution in [0.5, 0.6) is 5.75 Å². The number of amides is 1. The van der Waals surface area contributed by atoms with Gasteiger partial charge in [-0.3, -0.25) is 4.79 Å². The van der Waals surface area contributed by atoms with Gasteiger partial charge in [0.15, 0.2) is 0 Å². The molecule has 0 radical (unpaired) electrons. The third kappa shape index (κ3) is 5.68. The Morgan fingerprint density at radius 3 is 2.50 bits per heavy atom. The second kappa shape index (κ2) is 7.71. The summed E-state index contributed by atoms with van der Waals surface area (Å²) < 4.78 is 5.07. The molecule has 0 fully saturated rings. The van der Waals surface area contributed by atoms with E-state index in [1.54, 1.807) is 7.11 Å². The van der Waals surface area contributed by atoms with Gasteiger partial charge < -0.3 is 15.0 Å². The van der Waals surface area contributed by atoms with Gasteiger partial charge in [-0.05, 0) is 17.7 Å². The van der Waals surface area contributed by atoms with Gasteiger partial charge in [-0.2, -0.15) is 0 Å². The van der Waals surface area contributed by atoms with Gasteiger partial charge in [0, 0.05) is 13.0 Å². The number of nitrogens with one attached hydrogen (secondary N) is 2. The molecular formula is C14H23N2O2+. The first-order chi connectivity index (χ1) is 8.61. The lowest BCUT2D eigenvalue weighted by molar-refractivity contribution is -0.858. The predicted molar refractivity (Wildman–Crippen MR) is 72.0 cm³/mol. The van der Waals surface area contributed by atoms with E-state index in [-0.39, 0.29) is 5.91 Å². The maximum atomic E-state index is 11.7. The number of carbonyl (C=O) groups excluding carboxylic acids is 1. The van der Waals surface area contributed by atoms with Crippen molar-refractivity contribution in [2.45, 2.75) is 12.8 Å². The summed E-state index contributed by atoms with van der Waals surface area (Å²) >= 11 is 0. The molecule has 0 unspecified atom stereocenters. The summed E-state index contributed by atoms with van der Waals surface area (Å²) in [7, 11) is 5.85. The number of carbonyl (C=O) groups is 1. The third-order valence-electron chi connectivity index (χ3n) is 2.70. The van der Waals surface area contributed by atoms with Gasteiger partial charge in [0.1, 0.15) is 5.75 Å². The van der Waals surface area contributed by atoms with Gasteiger partial charge in [0.05, 0.1) is 34.2 Å². The fourth-order valence-electron chi connectivity index (χ4n) is 1.66. The predicted octanol–water partition coefficient (Wildman–Crippen LogP) is -0.111. The van der Waals surface area contributed by atoms with Crippen LogP contribution in [0.1, 0.15) is 12.0 Å². The fourth-order valence-corrected chi connectivity index (χ4v) is 1.66. The largest absolute Gasteiger partial charge is 0.497 e. The Labute approximate surface area is 109 Å². The summed E-state index contributed by atoms with van der Waals surface area (Å²) in [5.41, 5.74) is 1.01. The number of ether oxygens (including phenoxy) is 1. The molecule has 1 aromatic rings. The smallest absolute Gasteiger partial charge is 0.224 e. The fraction of sp³-hybridized carbons (Fsp3) is 0.500. The van der Waals surface area contributed by atoms with Gasteiger partial charge in [0.2, 0.25) is 5.91 Å². The quantitative estimate of drug-likeness (QED) is 0.664. The number of benzene rings is 1. The average molecular weight is 251 g/mol. The average Bonchev–Trinajstić information content (AvgIpc) is 2.35. The molecule has 0 bridgehead atoms. The minimum atomic E-state index is 0.0777. The highest BCUT2D eigenvalue weighted by Gasteiger charge is 2.03. The molecule has 0 atom stereocenters. The molecule has 0 spiro atoms. The highest BCUT2D eigenvalue weighted by molar-refractivity contribution is 5.78. The normalized spacial score (nSPS) is 10.4. The molecule has 0 aliphatic rings. The van der Waals surface area contributed by atoms with Crippen molar-refractivity contribution in [1.82, 2.24) is 5.32 Å². The van der Waals surface area contributed by atoms with Gasteiger partial charge in [0.25, 0.3) is 0 Å². The molecule has 4 heteroatoms. The van der Waals surface area contributed by atoms with E-state index in [1.807, 2.05) is 24.3 Å². The van der Waals surface area contributed by atoms with Crippen molar-refractivity contribution in [2.24, 2.45) is 0 Å². The topological polar surface area (TPSA) is 42.8 Å². The second-order valence-corrected chi connectivity index (χ2v) is 4.69. The number of quaternary nitrogens is 1. The van der Waals surface area contributed by atoms with Crippen LogP contribution >= 0.6 is 0 Å². The van der Waals surface area contributed by atoms with E-state index in [0.717, 1.165) is 30.8 Å². The Hall–Kier alpha value is -1.55. The molecule has 0 saturated carbocycles. The highest BCUT2D eigenvalue weighted by Crippen LogP contribution is 2.11. The molecule has 2 N–H and O–H groups in total. The zero-order valence-electron chi connectivity index (χ0n) is 11.5. The molecule has 0 heterocycles. The lowest BCUT2D eigenvalue weighted by atomic mass is 10.1. The molecule has 0 saturated heterocycles. The van der Waals surface area contributed by atoms with Crippen LogP contribution in [0.25, 0.3) is 0 Å². The van der Waals surface area contributed by atoms with Crippen LogP contribution in [0, 0.1) is 0 Å². The van der Waals surface area contributed by atoms with E-state index in [9.17, 15) is 4.79 Å². The lowest BCUT2D eigenvalue weighted by Gasteiger charge is -2.08. The van der Waals surface area contributed by atoms with Gasteiger partial charge in [-0.1, -0.05) is 12.1 Å². The summed E-state index contributed by atoms with van der Waals surface area (Å²) in [6.45, 7) is 1.82. The minimum Gasteiger partial charge on any atom is -0.497 e. The maximum absolute atomic E-state index is 11.7.